The van der Waals surface area contributed by atoms with Crippen LogP contribution in [0.4, 0.5) is 4.39 Å². The maximum Gasteiger partial charge on any atom is 0.246 e. The fourth-order valence-corrected chi connectivity index (χ4v) is 7.09. The lowest BCUT2D eigenvalue weighted by molar-refractivity contribution is -0.127. The Morgan fingerprint density at radius 2 is 1.98 bits per heavy atom. The summed E-state index contributed by atoms with van der Waals surface area (Å²) in [5.74, 6) is -0.0179. The monoisotopic (exact) mass is 608 g/mol. The number of hydrogen-bond acceptors (Lipinski definition) is 7. The number of pyridine rings is 2. The molecule has 0 atom stereocenters. The predicted molar refractivity (Wildman–Crippen MR) is 171 cm³/mol. The Hall–Kier alpha value is -4.41. The van der Waals surface area contributed by atoms with E-state index >= 15 is 0 Å². The first kappa shape index (κ1) is 28.4. The summed E-state index contributed by atoms with van der Waals surface area (Å²) in [7, 11) is 2.13. The van der Waals surface area contributed by atoms with Gasteiger partial charge in [0.2, 0.25) is 5.91 Å². The minimum atomic E-state index is -0.368. The Labute approximate surface area is 259 Å². The average molecular weight is 609 g/mol. The van der Waals surface area contributed by atoms with Gasteiger partial charge in [-0.05, 0) is 68.2 Å². The van der Waals surface area contributed by atoms with Crippen LogP contribution in [0.5, 0.6) is 5.75 Å². The van der Waals surface area contributed by atoms with E-state index in [0.717, 1.165) is 63.4 Å². The maximum atomic E-state index is 14.6. The quantitative estimate of drug-likeness (QED) is 0.210. The first-order valence-corrected chi connectivity index (χ1v) is 15.7. The molecule has 0 N–H and O–H groups in total. The molecule has 0 saturated heterocycles. The van der Waals surface area contributed by atoms with Crippen molar-refractivity contribution in [3.63, 3.8) is 0 Å². The van der Waals surface area contributed by atoms with Crippen molar-refractivity contribution in [1.82, 2.24) is 29.5 Å². The van der Waals surface area contributed by atoms with E-state index in [9.17, 15) is 9.18 Å². The van der Waals surface area contributed by atoms with Crippen molar-refractivity contribution >= 4 is 27.3 Å². The van der Waals surface area contributed by atoms with Crippen LogP contribution in [0.25, 0.3) is 43.9 Å². The number of nitrogens with zero attached hydrogens (tertiary/aromatic N) is 6. The number of benzene rings is 1. The highest BCUT2D eigenvalue weighted by molar-refractivity contribution is 7.18. The smallest absolute Gasteiger partial charge is 0.246 e. The standard InChI is InChI=1S/C34H33FN6O2S/c1-5-30(42)40-11-12-41-24(19-40)16-28(38-41)33-31(25-7-6-23(35)15-29(25)43-20(2)3)34-26(9-13-44-34)32(37-33)21-14-22-18-39(4)10-8-27(22)36-17-21/h5-7,9,13-17,20H,1,8,10-12,18-19H2,2-4H3. The minimum absolute atomic E-state index is 0.104. The molecule has 2 aliphatic heterocycles. The zero-order valence-corrected chi connectivity index (χ0v) is 25.8. The highest BCUT2D eigenvalue weighted by Gasteiger charge is 2.27. The van der Waals surface area contributed by atoms with E-state index in [1.807, 2.05) is 30.8 Å². The number of carbonyl (C=O) groups excluding carboxylic acids is 1. The first-order valence-electron chi connectivity index (χ1n) is 14.8. The lowest BCUT2D eigenvalue weighted by Crippen LogP contribution is -2.37. The number of likely N-dealkylation sites (N-methyl/N-ethyl adjacent to an activating group) is 1. The van der Waals surface area contributed by atoms with Gasteiger partial charge < -0.3 is 14.5 Å². The maximum absolute atomic E-state index is 14.6. The third kappa shape index (κ3) is 5.07. The lowest BCUT2D eigenvalue weighted by Gasteiger charge is -2.26. The highest BCUT2D eigenvalue weighted by Crippen LogP contribution is 2.46. The molecule has 44 heavy (non-hydrogen) atoms. The summed E-state index contributed by atoms with van der Waals surface area (Å²) in [5, 5.41) is 8.05. The predicted octanol–water partition coefficient (Wildman–Crippen LogP) is 6.33. The first-order chi connectivity index (χ1) is 21.3. The molecule has 0 spiro atoms. The van der Waals surface area contributed by atoms with Gasteiger partial charge in [-0.2, -0.15) is 5.10 Å². The molecule has 0 unspecified atom stereocenters. The minimum Gasteiger partial charge on any atom is -0.490 e. The molecule has 10 heteroatoms. The van der Waals surface area contributed by atoms with Gasteiger partial charge in [0.25, 0.3) is 0 Å². The van der Waals surface area contributed by atoms with Gasteiger partial charge >= 0.3 is 0 Å². The molecule has 0 fully saturated rings. The fourth-order valence-electron chi connectivity index (χ4n) is 6.13. The Balaban J connectivity index is 1.46. The van der Waals surface area contributed by atoms with E-state index in [4.69, 9.17) is 19.8 Å². The summed E-state index contributed by atoms with van der Waals surface area (Å²) < 4.78 is 23.7. The normalized spacial score (nSPS) is 15.0. The summed E-state index contributed by atoms with van der Waals surface area (Å²) in [6.45, 7) is 10.9. The van der Waals surface area contributed by atoms with Crippen molar-refractivity contribution in [2.45, 2.75) is 46.0 Å². The van der Waals surface area contributed by atoms with Crippen LogP contribution in [-0.4, -0.2) is 61.7 Å². The molecule has 6 heterocycles. The number of ether oxygens (including phenoxy) is 1. The van der Waals surface area contributed by atoms with Crippen LogP contribution in [0, 0.1) is 5.82 Å². The van der Waals surface area contributed by atoms with Gasteiger partial charge in [-0.15, -0.1) is 11.3 Å². The van der Waals surface area contributed by atoms with Crippen LogP contribution < -0.4 is 4.74 Å². The number of hydrogen-bond donors (Lipinski definition) is 0. The highest BCUT2D eigenvalue weighted by atomic mass is 32.1. The zero-order valence-electron chi connectivity index (χ0n) is 25.0. The molecule has 1 aromatic carbocycles. The van der Waals surface area contributed by atoms with E-state index in [-0.39, 0.29) is 17.8 Å². The topological polar surface area (TPSA) is 76.4 Å². The molecule has 8 nitrogen and oxygen atoms in total. The molecule has 0 aliphatic carbocycles. The van der Waals surface area contributed by atoms with Crippen molar-refractivity contribution < 1.29 is 13.9 Å². The number of halogens is 1. The Bertz CT molecular complexity index is 1930. The number of aromatic nitrogens is 4. The molecule has 1 amide bonds. The SMILES string of the molecule is C=CC(=O)N1CCn2nc(-c3nc(-c4cnc5c(c4)CN(C)CC5)c4ccsc4c3-c3ccc(F)cc3OC(C)C)cc2C1. The summed E-state index contributed by atoms with van der Waals surface area (Å²) >= 11 is 1.61. The lowest BCUT2D eigenvalue weighted by atomic mass is 9.96. The van der Waals surface area contributed by atoms with Crippen LogP contribution in [0.3, 0.4) is 0 Å². The van der Waals surface area contributed by atoms with Crippen LogP contribution in [-0.2, 0) is 30.8 Å². The van der Waals surface area contributed by atoms with Crippen molar-refractivity contribution in [3.8, 4) is 39.5 Å². The second kappa shape index (κ2) is 11.3. The second-order valence-electron chi connectivity index (χ2n) is 11.7. The Morgan fingerprint density at radius 3 is 2.80 bits per heavy atom. The van der Waals surface area contributed by atoms with Crippen molar-refractivity contribution in [2.75, 3.05) is 20.1 Å². The molecule has 4 aromatic heterocycles. The van der Waals surface area contributed by atoms with Gasteiger partial charge in [0.1, 0.15) is 23.0 Å². The Kier molecular flexibility index (Phi) is 7.26. The average Bonchev–Trinajstić information content (AvgIpc) is 3.67. The van der Waals surface area contributed by atoms with Crippen LogP contribution in [0.2, 0.25) is 0 Å². The van der Waals surface area contributed by atoms with E-state index in [1.54, 1.807) is 22.3 Å². The summed E-state index contributed by atoms with van der Waals surface area (Å²) in [4.78, 5) is 26.7. The molecular formula is C34H33FN6O2S. The van der Waals surface area contributed by atoms with Gasteiger partial charge in [-0.1, -0.05) is 6.58 Å². The number of amides is 1. The second-order valence-corrected chi connectivity index (χ2v) is 12.6. The van der Waals surface area contributed by atoms with E-state index in [1.165, 1.54) is 23.8 Å². The van der Waals surface area contributed by atoms with Crippen molar-refractivity contribution in [1.29, 1.82) is 0 Å². The molecule has 5 aromatic rings. The fraction of sp³-hybridized carbons (Fsp3) is 0.294. The molecule has 7 rings (SSSR count). The van der Waals surface area contributed by atoms with Crippen molar-refractivity contribution in [2.24, 2.45) is 0 Å². The molecule has 0 radical (unpaired) electrons. The largest absolute Gasteiger partial charge is 0.490 e. The van der Waals surface area contributed by atoms with Gasteiger partial charge in [0.05, 0.1) is 30.6 Å². The van der Waals surface area contributed by atoms with Gasteiger partial charge in [-0.25, -0.2) is 9.37 Å². The third-order valence-electron chi connectivity index (χ3n) is 8.21. The van der Waals surface area contributed by atoms with Crippen LogP contribution in [0.1, 0.15) is 30.8 Å². The molecule has 0 bridgehead atoms. The number of thiophene rings is 1. The number of fused-ring (bicyclic) bond motifs is 3. The van der Waals surface area contributed by atoms with Crippen molar-refractivity contribution in [3.05, 3.63) is 83.4 Å². The number of carbonyl (C=O) groups is 1. The van der Waals surface area contributed by atoms with Gasteiger partial charge in [-0.3, -0.25) is 14.5 Å². The zero-order chi connectivity index (χ0) is 30.5. The summed E-state index contributed by atoms with van der Waals surface area (Å²) in [6.07, 6.45) is 4.04. The molecule has 0 saturated carbocycles. The molecular weight excluding hydrogens is 575 g/mol. The Morgan fingerprint density at radius 1 is 1.11 bits per heavy atom. The van der Waals surface area contributed by atoms with Crippen LogP contribution >= 0.6 is 11.3 Å². The molecule has 224 valence electrons. The third-order valence-corrected chi connectivity index (χ3v) is 9.15. The van der Waals surface area contributed by atoms with Gasteiger partial charge in [0.15, 0.2) is 0 Å². The number of rotatable bonds is 6. The van der Waals surface area contributed by atoms with E-state index < -0.39 is 0 Å². The van der Waals surface area contributed by atoms with Crippen LogP contribution in [0.15, 0.2) is 60.6 Å². The summed E-state index contributed by atoms with van der Waals surface area (Å²) in [6, 6.07) is 11.0. The molecule has 2 aliphatic rings. The van der Waals surface area contributed by atoms with E-state index in [0.29, 0.717) is 36.8 Å². The van der Waals surface area contributed by atoms with Gasteiger partial charge in [0, 0.05) is 70.8 Å². The summed E-state index contributed by atoms with van der Waals surface area (Å²) in [5.41, 5.74) is 7.98. The van der Waals surface area contributed by atoms with E-state index in [2.05, 4.69) is 36.0 Å².